The van der Waals surface area contributed by atoms with E-state index in [9.17, 15) is 0 Å². The van der Waals surface area contributed by atoms with Crippen LogP contribution < -0.4 is 5.73 Å². The van der Waals surface area contributed by atoms with Gasteiger partial charge in [-0.2, -0.15) is 0 Å². The average molecular weight is 191 g/mol. The van der Waals surface area contributed by atoms with Crippen molar-refractivity contribution in [1.29, 1.82) is 0 Å². The summed E-state index contributed by atoms with van der Waals surface area (Å²) >= 11 is 0. The Morgan fingerprint density at radius 3 is 2.46 bits per heavy atom. The summed E-state index contributed by atoms with van der Waals surface area (Å²) in [7, 11) is 0. The molecule has 4 nitrogen and oxygen atoms in total. The van der Waals surface area contributed by atoms with Crippen LogP contribution in [0.4, 0.5) is 0 Å². The van der Waals surface area contributed by atoms with Gasteiger partial charge in [-0.1, -0.05) is 0 Å². The van der Waals surface area contributed by atoms with Crippen molar-refractivity contribution < 1.29 is 14.6 Å². The first-order valence-corrected chi connectivity index (χ1v) is 4.74. The van der Waals surface area contributed by atoms with Crippen LogP contribution in [0.3, 0.4) is 0 Å². The fraction of sp³-hybridized carbons (Fsp3) is 1.00. The van der Waals surface area contributed by atoms with Gasteiger partial charge in [0.25, 0.3) is 0 Å². The summed E-state index contributed by atoms with van der Waals surface area (Å²) in [6, 6.07) is 0. The zero-order valence-corrected chi connectivity index (χ0v) is 8.53. The van der Waals surface area contributed by atoms with E-state index in [1.807, 2.05) is 13.8 Å². The molecule has 0 bridgehead atoms. The lowest BCUT2D eigenvalue weighted by Gasteiger charge is -2.15. The third-order valence-corrected chi connectivity index (χ3v) is 1.62. The minimum atomic E-state index is -0.111. The molecule has 0 aliphatic carbocycles. The highest BCUT2D eigenvalue weighted by Crippen LogP contribution is 1.96. The number of hydrogen-bond acceptors (Lipinski definition) is 4. The molecule has 0 amide bonds. The van der Waals surface area contributed by atoms with Crippen molar-refractivity contribution in [3.63, 3.8) is 0 Å². The first kappa shape index (κ1) is 12.8. The van der Waals surface area contributed by atoms with Gasteiger partial charge in [0, 0.05) is 6.61 Å². The van der Waals surface area contributed by atoms with E-state index in [4.69, 9.17) is 20.3 Å². The first-order chi connectivity index (χ1) is 6.20. The molecule has 0 spiro atoms. The Morgan fingerprint density at radius 2 is 1.92 bits per heavy atom. The summed E-state index contributed by atoms with van der Waals surface area (Å²) in [6.45, 7) is 5.67. The molecular formula is C9H21NO3. The van der Waals surface area contributed by atoms with E-state index in [0.717, 1.165) is 6.42 Å². The van der Waals surface area contributed by atoms with Crippen LogP contribution in [-0.2, 0) is 9.47 Å². The van der Waals surface area contributed by atoms with Gasteiger partial charge in [0.2, 0.25) is 0 Å². The van der Waals surface area contributed by atoms with E-state index in [-0.39, 0.29) is 18.8 Å². The van der Waals surface area contributed by atoms with Crippen LogP contribution in [0.2, 0.25) is 0 Å². The van der Waals surface area contributed by atoms with E-state index in [0.29, 0.717) is 19.8 Å². The molecule has 0 aliphatic heterocycles. The van der Waals surface area contributed by atoms with E-state index >= 15 is 0 Å². The number of hydrogen-bond donors (Lipinski definition) is 2. The second kappa shape index (κ2) is 8.44. The molecule has 2 atom stereocenters. The van der Waals surface area contributed by atoms with Crippen molar-refractivity contribution in [2.75, 3.05) is 26.4 Å². The van der Waals surface area contributed by atoms with Gasteiger partial charge in [-0.25, -0.2) is 0 Å². The second-order valence-corrected chi connectivity index (χ2v) is 3.15. The summed E-state index contributed by atoms with van der Waals surface area (Å²) in [4.78, 5) is 0. The minimum absolute atomic E-state index is 0.0511. The molecule has 3 N–H and O–H groups in total. The van der Waals surface area contributed by atoms with Gasteiger partial charge in [-0.05, 0) is 26.8 Å². The second-order valence-electron chi connectivity index (χ2n) is 3.15. The number of rotatable bonds is 8. The smallest absolute Gasteiger partial charge is 0.0780 e. The SMILES string of the molecule is CC(CO)OCC(C)OCCCN. The molecule has 0 rings (SSSR count). The van der Waals surface area contributed by atoms with Crippen molar-refractivity contribution in [1.82, 2.24) is 0 Å². The van der Waals surface area contributed by atoms with Crippen molar-refractivity contribution in [3.8, 4) is 0 Å². The number of aliphatic hydroxyl groups is 1. The third kappa shape index (κ3) is 8.18. The normalized spacial score (nSPS) is 15.7. The van der Waals surface area contributed by atoms with Crippen LogP contribution in [0, 0.1) is 0 Å². The number of ether oxygens (including phenoxy) is 2. The van der Waals surface area contributed by atoms with Crippen LogP contribution in [-0.4, -0.2) is 43.7 Å². The summed E-state index contributed by atoms with van der Waals surface area (Å²) in [5.41, 5.74) is 5.31. The maximum absolute atomic E-state index is 8.68. The van der Waals surface area contributed by atoms with Crippen LogP contribution in [0.1, 0.15) is 20.3 Å². The average Bonchev–Trinajstić information content (AvgIpc) is 2.14. The van der Waals surface area contributed by atoms with Gasteiger partial charge in [-0.3, -0.25) is 0 Å². The highest BCUT2D eigenvalue weighted by Gasteiger charge is 2.05. The Labute approximate surface area is 80.0 Å². The van der Waals surface area contributed by atoms with Crippen LogP contribution >= 0.6 is 0 Å². The predicted molar refractivity (Wildman–Crippen MR) is 51.6 cm³/mol. The number of aliphatic hydroxyl groups excluding tert-OH is 1. The van der Waals surface area contributed by atoms with Crippen LogP contribution in [0.5, 0.6) is 0 Å². The number of nitrogens with two attached hydrogens (primary N) is 1. The van der Waals surface area contributed by atoms with E-state index in [1.165, 1.54) is 0 Å². The Kier molecular flexibility index (Phi) is 8.33. The van der Waals surface area contributed by atoms with Gasteiger partial charge in [0.05, 0.1) is 25.4 Å². The van der Waals surface area contributed by atoms with Gasteiger partial charge in [0.1, 0.15) is 0 Å². The zero-order chi connectivity index (χ0) is 10.1. The molecule has 2 unspecified atom stereocenters. The van der Waals surface area contributed by atoms with E-state index < -0.39 is 0 Å². The lowest BCUT2D eigenvalue weighted by atomic mass is 10.4. The highest BCUT2D eigenvalue weighted by molar-refractivity contribution is 4.51. The highest BCUT2D eigenvalue weighted by atomic mass is 16.5. The molecule has 0 saturated heterocycles. The van der Waals surface area contributed by atoms with Crippen molar-refractivity contribution >= 4 is 0 Å². The van der Waals surface area contributed by atoms with Gasteiger partial charge >= 0.3 is 0 Å². The van der Waals surface area contributed by atoms with Crippen LogP contribution in [0.15, 0.2) is 0 Å². The molecule has 0 aliphatic rings. The van der Waals surface area contributed by atoms with Crippen molar-refractivity contribution in [2.24, 2.45) is 5.73 Å². The predicted octanol–water partition coefficient (Wildman–Crippen LogP) is 0.138. The fourth-order valence-electron chi connectivity index (χ4n) is 0.768. The lowest BCUT2D eigenvalue weighted by Crippen LogP contribution is -2.23. The molecular weight excluding hydrogens is 170 g/mol. The van der Waals surface area contributed by atoms with Gasteiger partial charge < -0.3 is 20.3 Å². The molecule has 0 saturated carbocycles. The quantitative estimate of drug-likeness (QED) is 0.536. The third-order valence-electron chi connectivity index (χ3n) is 1.62. The molecule has 0 radical (unpaired) electrons. The van der Waals surface area contributed by atoms with E-state index in [2.05, 4.69) is 0 Å². The van der Waals surface area contributed by atoms with Crippen LogP contribution in [0.25, 0.3) is 0 Å². The zero-order valence-electron chi connectivity index (χ0n) is 8.53. The van der Waals surface area contributed by atoms with Crippen molar-refractivity contribution in [2.45, 2.75) is 32.5 Å². The maximum Gasteiger partial charge on any atom is 0.0780 e. The molecule has 80 valence electrons. The first-order valence-electron chi connectivity index (χ1n) is 4.74. The molecule has 13 heavy (non-hydrogen) atoms. The molecule has 0 heterocycles. The van der Waals surface area contributed by atoms with Gasteiger partial charge in [0.15, 0.2) is 0 Å². The summed E-state index contributed by atoms with van der Waals surface area (Å²) in [5.74, 6) is 0. The molecule has 0 fully saturated rings. The monoisotopic (exact) mass is 191 g/mol. The Bertz CT molecular complexity index is 111. The Balaban J connectivity index is 3.24. The largest absolute Gasteiger partial charge is 0.394 e. The Morgan fingerprint density at radius 1 is 1.23 bits per heavy atom. The fourth-order valence-corrected chi connectivity index (χ4v) is 0.768. The summed E-state index contributed by atoms with van der Waals surface area (Å²) in [5, 5.41) is 8.68. The summed E-state index contributed by atoms with van der Waals surface area (Å²) in [6.07, 6.45) is 0.834. The summed E-state index contributed by atoms with van der Waals surface area (Å²) < 4.78 is 10.7. The topological polar surface area (TPSA) is 64.7 Å². The van der Waals surface area contributed by atoms with Crippen molar-refractivity contribution in [3.05, 3.63) is 0 Å². The van der Waals surface area contributed by atoms with Gasteiger partial charge in [-0.15, -0.1) is 0 Å². The molecule has 0 aromatic carbocycles. The maximum atomic E-state index is 8.68. The molecule has 0 aromatic rings. The molecule has 0 aromatic heterocycles. The Hall–Kier alpha value is -0.160. The lowest BCUT2D eigenvalue weighted by molar-refractivity contribution is -0.0454. The minimum Gasteiger partial charge on any atom is -0.394 e. The molecule has 4 heteroatoms. The standard InChI is InChI=1S/C9H21NO3/c1-8(6-11)13-7-9(2)12-5-3-4-10/h8-9,11H,3-7,10H2,1-2H3. The van der Waals surface area contributed by atoms with E-state index in [1.54, 1.807) is 0 Å².